The fraction of sp³-hybridized carbons (Fsp3) is 0.667. The summed E-state index contributed by atoms with van der Waals surface area (Å²) in [5, 5.41) is 6.63. The molecule has 28 heavy (non-hydrogen) atoms. The van der Waals surface area contributed by atoms with E-state index >= 15 is 0 Å². The summed E-state index contributed by atoms with van der Waals surface area (Å²) < 4.78 is 17.1. The number of guanidine groups is 1. The fourth-order valence-electron chi connectivity index (χ4n) is 3.07. The highest BCUT2D eigenvalue weighted by atomic mass is 127. The van der Waals surface area contributed by atoms with Gasteiger partial charge in [0.05, 0.1) is 19.3 Å². The summed E-state index contributed by atoms with van der Waals surface area (Å²) >= 11 is 0. The summed E-state index contributed by atoms with van der Waals surface area (Å²) in [5.74, 6) is 1.82. The molecule has 1 unspecified atom stereocenters. The lowest BCUT2D eigenvalue weighted by molar-refractivity contribution is 0.0168. The minimum absolute atomic E-state index is 0. The first kappa shape index (κ1) is 25.0. The standard InChI is InChI=1S/C21H35N3O3.HI/c1-17-8-4-9-18(2)20(17)27-15-7-12-24-21(22-3)23-11-6-13-25-16-19-10-5-14-26-19;/h4,8-9,19H,5-7,10-16H2,1-3H3,(H2,22,23,24);1H. The van der Waals surface area contributed by atoms with Gasteiger partial charge in [-0.3, -0.25) is 4.99 Å². The van der Waals surface area contributed by atoms with E-state index < -0.39 is 0 Å². The van der Waals surface area contributed by atoms with Gasteiger partial charge in [-0.1, -0.05) is 18.2 Å². The molecule has 1 aromatic carbocycles. The molecule has 1 aromatic rings. The van der Waals surface area contributed by atoms with E-state index in [0.717, 1.165) is 63.7 Å². The third kappa shape index (κ3) is 9.43. The molecule has 7 heteroatoms. The molecule has 1 atom stereocenters. The average Bonchev–Trinajstić information content (AvgIpc) is 3.18. The van der Waals surface area contributed by atoms with Crippen LogP contribution in [0.2, 0.25) is 0 Å². The molecule has 2 rings (SSSR count). The Morgan fingerprint density at radius 1 is 1.14 bits per heavy atom. The number of aryl methyl sites for hydroxylation is 2. The van der Waals surface area contributed by atoms with Gasteiger partial charge in [-0.05, 0) is 50.7 Å². The summed E-state index contributed by atoms with van der Waals surface area (Å²) in [6.07, 6.45) is 4.45. The average molecular weight is 505 g/mol. The van der Waals surface area contributed by atoms with Crippen molar-refractivity contribution < 1.29 is 14.2 Å². The fourth-order valence-corrected chi connectivity index (χ4v) is 3.07. The number of nitrogens with zero attached hydrogens (tertiary/aromatic N) is 1. The molecule has 1 fully saturated rings. The lowest BCUT2D eigenvalue weighted by atomic mass is 10.1. The van der Waals surface area contributed by atoms with E-state index in [2.05, 4.69) is 47.7 Å². The van der Waals surface area contributed by atoms with Crippen molar-refractivity contribution in [2.75, 3.05) is 46.6 Å². The van der Waals surface area contributed by atoms with Gasteiger partial charge in [0.15, 0.2) is 5.96 Å². The summed E-state index contributed by atoms with van der Waals surface area (Å²) in [6, 6.07) is 6.22. The van der Waals surface area contributed by atoms with Crippen LogP contribution in [0.3, 0.4) is 0 Å². The number of benzene rings is 1. The number of ether oxygens (including phenoxy) is 3. The lowest BCUT2D eigenvalue weighted by Crippen LogP contribution is -2.38. The van der Waals surface area contributed by atoms with E-state index in [1.54, 1.807) is 7.05 Å². The first-order valence-corrected chi connectivity index (χ1v) is 10.0. The van der Waals surface area contributed by atoms with Crippen molar-refractivity contribution in [2.24, 2.45) is 4.99 Å². The van der Waals surface area contributed by atoms with Gasteiger partial charge in [-0.25, -0.2) is 0 Å². The van der Waals surface area contributed by atoms with Gasteiger partial charge in [-0.15, -0.1) is 24.0 Å². The zero-order valence-corrected chi connectivity index (χ0v) is 19.8. The van der Waals surface area contributed by atoms with Crippen LogP contribution < -0.4 is 15.4 Å². The number of nitrogens with one attached hydrogen (secondary N) is 2. The molecule has 0 aliphatic carbocycles. The number of aliphatic imine (C=N–C) groups is 1. The van der Waals surface area contributed by atoms with E-state index in [1.807, 2.05) is 0 Å². The first-order chi connectivity index (χ1) is 13.2. The Balaban J connectivity index is 0.00000392. The Morgan fingerprint density at radius 3 is 2.43 bits per heavy atom. The highest BCUT2D eigenvalue weighted by molar-refractivity contribution is 14.0. The van der Waals surface area contributed by atoms with Crippen LogP contribution in [0, 0.1) is 13.8 Å². The number of halogens is 1. The van der Waals surface area contributed by atoms with Crippen LogP contribution in [0.1, 0.15) is 36.8 Å². The molecule has 0 amide bonds. The van der Waals surface area contributed by atoms with Crippen molar-refractivity contribution in [3.63, 3.8) is 0 Å². The minimum Gasteiger partial charge on any atom is -0.493 e. The van der Waals surface area contributed by atoms with Gasteiger partial charge in [0.2, 0.25) is 0 Å². The van der Waals surface area contributed by atoms with Gasteiger partial charge in [-0.2, -0.15) is 0 Å². The Bertz CT molecular complexity index is 558. The second kappa shape index (κ2) is 14.9. The summed E-state index contributed by atoms with van der Waals surface area (Å²) in [5.41, 5.74) is 2.37. The second-order valence-corrected chi connectivity index (χ2v) is 6.91. The summed E-state index contributed by atoms with van der Waals surface area (Å²) in [6.45, 7) is 8.85. The van der Waals surface area contributed by atoms with E-state index in [4.69, 9.17) is 14.2 Å². The third-order valence-electron chi connectivity index (χ3n) is 4.58. The van der Waals surface area contributed by atoms with Crippen molar-refractivity contribution >= 4 is 29.9 Å². The van der Waals surface area contributed by atoms with Crippen LogP contribution in [0.25, 0.3) is 0 Å². The molecule has 0 spiro atoms. The number of para-hydroxylation sites is 1. The van der Waals surface area contributed by atoms with Crippen molar-refractivity contribution in [3.8, 4) is 5.75 Å². The monoisotopic (exact) mass is 505 g/mol. The zero-order chi connectivity index (χ0) is 19.3. The third-order valence-corrected chi connectivity index (χ3v) is 4.58. The van der Waals surface area contributed by atoms with Crippen LogP contribution in [0.15, 0.2) is 23.2 Å². The molecule has 1 aliphatic heterocycles. The molecule has 1 aliphatic rings. The largest absolute Gasteiger partial charge is 0.493 e. The summed E-state index contributed by atoms with van der Waals surface area (Å²) in [4.78, 5) is 4.25. The zero-order valence-electron chi connectivity index (χ0n) is 17.5. The molecule has 1 heterocycles. The van der Waals surface area contributed by atoms with Crippen LogP contribution in [0.4, 0.5) is 0 Å². The number of hydrogen-bond acceptors (Lipinski definition) is 4. The number of rotatable bonds is 11. The smallest absolute Gasteiger partial charge is 0.190 e. The Labute approximate surface area is 186 Å². The molecule has 1 saturated heterocycles. The maximum atomic E-state index is 5.92. The number of hydrogen-bond donors (Lipinski definition) is 2. The Hall–Kier alpha value is -1.06. The van der Waals surface area contributed by atoms with Crippen molar-refractivity contribution in [1.29, 1.82) is 0 Å². The van der Waals surface area contributed by atoms with E-state index in [9.17, 15) is 0 Å². The van der Waals surface area contributed by atoms with Crippen LogP contribution in [-0.2, 0) is 9.47 Å². The second-order valence-electron chi connectivity index (χ2n) is 6.91. The SMILES string of the molecule is CN=C(NCCCOCC1CCCO1)NCCCOc1c(C)cccc1C.I. The van der Waals surface area contributed by atoms with Crippen LogP contribution in [-0.4, -0.2) is 58.6 Å². The predicted molar refractivity (Wildman–Crippen MR) is 125 cm³/mol. The lowest BCUT2D eigenvalue weighted by Gasteiger charge is -2.14. The predicted octanol–water partition coefficient (Wildman–Crippen LogP) is 3.44. The summed E-state index contributed by atoms with van der Waals surface area (Å²) in [7, 11) is 1.79. The van der Waals surface area contributed by atoms with Gasteiger partial charge in [0.25, 0.3) is 0 Å². The molecule has 160 valence electrons. The molecule has 0 bridgehead atoms. The van der Waals surface area contributed by atoms with Crippen molar-refractivity contribution in [2.45, 2.75) is 45.6 Å². The molecular formula is C21H36IN3O3. The molecule has 0 radical (unpaired) electrons. The minimum atomic E-state index is 0. The van der Waals surface area contributed by atoms with E-state index in [0.29, 0.717) is 19.3 Å². The molecule has 0 aromatic heterocycles. The highest BCUT2D eigenvalue weighted by Crippen LogP contribution is 2.22. The van der Waals surface area contributed by atoms with Gasteiger partial charge in [0.1, 0.15) is 5.75 Å². The van der Waals surface area contributed by atoms with Crippen LogP contribution >= 0.6 is 24.0 Å². The maximum absolute atomic E-state index is 5.92. The van der Waals surface area contributed by atoms with Crippen molar-refractivity contribution in [3.05, 3.63) is 29.3 Å². The molecule has 2 N–H and O–H groups in total. The molecule has 6 nitrogen and oxygen atoms in total. The highest BCUT2D eigenvalue weighted by Gasteiger charge is 2.14. The molecule has 0 saturated carbocycles. The Kier molecular flexibility index (Phi) is 13.3. The van der Waals surface area contributed by atoms with Gasteiger partial charge >= 0.3 is 0 Å². The van der Waals surface area contributed by atoms with Crippen LogP contribution in [0.5, 0.6) is 5.75 Å². The quantitative estimate of drug-likeness (QED) is 0.209. The molecular weight excluding hydrogens is 469 g/mol. The Morgan fingerprint density at radius 2 is 1.82 bits per heavy atom. The van der Waals surface area contributed by atoms with Crippen molar-refractivity contribution in [1.82, 2.24) is 10.6 Å². The van der Waals surface area contributed by atoms with E-state index in [-0.39, 0.29) is 24.0 Å². The first-order valence-electron chi connectivity index (χ1n) is 10.0. The van der Waals surface area contributed by atoms with Gasteiger partial charge < -0.3 is 24.8 Å². The van der Waals surface area contributed by atoms with Gasteiger partial charge in [0, 0.05) is 33.4 Å². The maximum Gasteiger partial charge on any atom is 0.190 e. The topological polar surface area (TPSA) is 64.1 Å². The normalized spacial score (nSPS) is 16.5. The van der Waals surface area contributed by atoms with E-state index in [1.165, 1.54) is 11.1 Å².